The minimum atomic E-state index is 0.401. The summed E-state index contributed by atoms with van der Waals surface area (Å²) >= 11 is 0. The van der Waals surface area contributed by atoms with Crippen LogP contribution < -0.4 is 10.2 Å². The molecule has 1 aromatic heterocycles. The number of furan rings is 1. The molecule has 1 N–H and O–H groups in total. The molecule has 0 bridgehead atoms. The zero-order chi connectivity index (χ0) is 14.4. The molecule has 1 saturated heterocycles. The van der Waals surface area contributed by atoms with Crippen molar-refractivity contribution in [2.45, 2.75) is 52.5 Å². The summed E-state index contributed by atoms with van der Waals surface area (Å²) in [7, 11) is 0. The smallest absolute Gasteiger partial charge is 0.196 e. The Morgan fingerprint density at radius 3 is 2.80 bits per heavy atom. The first-order chi connectivity index (χ1) is 9.70. The van der Waals surface area contributed by atoms with Crippen LogP contribution in [0, 0.1) is 0 Å². The topological polar surface area (TPSA) is 28.4 Å². The molecule has 0 spiro atoms. The highest BCUT2D eigenvalue weighted by molar-refractivity contribution is 5.52. The second-order valence-corrected chi connectivity index (χ2v) is 5.79. The summed E-state index contributed by atoms with van der Waals surface area (Å²) in [6.45, 7) is 9.88. The molecule has 3 heteroatoms. The van der Waals surface area contributed by atoms with Crippen molar-refractivity contribution in [3.05, 3.63) is 23.5 Å². The predicted molar refractivity (Wildman–Crippen MR) is 86.2 cm³/mol. The van der Waals surface area contributed by atoms with Gasteiger partial charge in [0.1, 0.15) is 5.76 Å². The molecule has 1 atom stereocenters. The van der Waals surface area contributed by atoms with Crippen molar-refractivity contribution in [2.75, 3.05) is 24.5 Å². The molecule has 0 saturated carbocycles. The van der Waals surface area contributed by atoms with Crippen molar-refractivity contribution < 1.29 is 4.42 Å². The normalized spacial score (nSPS) is 18.4. The van der Waals surface area contributed by atoms with E-state index in [-0.39, 0.29) is 0 Å². The van der Waals surface area contributed by atoms with Crippen LogP contribution in [-0.2, 0) is 0 Å². The summed E-state index contributed by atoms with van der Waals surface area (Å²) in [5, 5.41) is 3.50. The quantitative estimate of drug-likeness (QED) is 0.849. The van der Waals surface area contributed by atoms with Gasteiger partial charge >= 0.3 is 0 Å². The monoisotopic (exact) mass is 276 g/mol. The first kappa shape index (κ1) is 15.2. The van der Waals surface area contributed by atoms with Crippen LogP contribution in [0.5, 0.6) is 0 Å². The summed E-state index contributed by atoms with van der Waals surface area (Å²) in [6.07, 6.45) is 7.23. The number of piperidine rings is 1. The fraction of sp³-hybridized carbons (Fsp3) is 0.647. The maximum Gasteiger partial charge on any atom is 0.196 e. The average Bonchev–Trinajstić information content (AvgIpc) is 2.94. The van der Waals surface area contributed by atoms with E-state index in [0.29, 0.717) is 6.04 Å². The highest BCUT2D eigenvalue weighted by Crippen LogP contribution is 2.24. The largest absolute Gasteiger partial charge is 0.441 e. The van der Waals surface area contributed by atoms with E-state index in [0.717, 1.165) is 37.7 Å². The second kappa shape index (κ2) is 7.53. The van der Waals surface area contributed by atoms with Crippen LogP contribution in [0.2, 0.25) is 0 Å². The van der Waals surface area contributed by atoms with Crippen molar-refractivity contribution in [1.82, 2.24) is 5.32 Å². The van der Waals surface area contributed by atoms with Crippen LogP contribution >= 0.6 is 0 Å². The third kappa shape index (κ3) is 4.14. The van der Waals surface area contributed by atoms with Crippen LogP contribution in [0.15, 0.2) is 22.1 Å². The van der Waals surface area contributed by atoms with Crippen LogP contribution in [0.25, 0.3) is 6.08 Å². The van der Waals surface area contributed by atoms with E-state index >= 15 is 0 Å². The molecular weight excluding hydrogens is 248 g/mol. The molecule has 0 aromatic carbocycles. The van der Waals surface area contributed by atoms with E-state index < -0.39 is 0 Å². The fourth-order valence-corrected chi connectivity index (χ4v) is 2.58. The third-order valence-electron chi connectivity index (χ3n) is 4.03. The van der Waals surface area contributed by atoms with Gasteiger partial charge in [-0.05, 0) is 58.2 Å². The number of hydrogen-bond donors (Lipinski definition) is 1. The Kier molecular flexibility index (Phi) is 5.72. The highest BCUT2D eigenvalue weighted by Gasteiger charge is 2.14. The first-order valence-corrected chi connectivity index (χ1v) is 7.97. The van der Waals surface area contributed by atoms with Crippen molar-refractivity contribution in [1.29, 1.82) is 0 Å². The second-order valence-electron chi connectivity index (χ2n) is 5.79. The van der Waals surface area contributed by atoms with E-state index in [9.17, 15) is 0 Å². The molecule has 0 amide bonds. The number of hydrogen-bond acceptors (Lipinski definition) is 3. The van der Waals surface area contributed by atoms with Gasteiger partial charge in [-0.15, -0.1) is 0 Å². The zero-order valence-corrected chi connectivity index (χ0v) is 13.1. The lowest BCUT2D eigenvalue weighted by Crippen LogP contribution is -2.28. The van der Waals surface area contributed by atoms with Crippen molar-refractivity contribution >= 4 is 12.0 Å². The molecule has 20 heavy (non-hydrogen) atoms. The third-order valence-corrected chi connectivity index (χ3v) is 4.03. The van der Waals surface area contributed by atoms with E-state index in [1.165, 1.54) is 24.8 Å². The average molecular weight is 276 g/mol. The summed E-state index contributed by atoms with van der Waals surface area (Å²) in [5.74, 6) is 1.99. The molecular formula is C17H28N2O. The Morgan fingerprint density at radius 2 is 2.10 bits per heavy atom. The number of anilines is 1. The Morgan fingerprint density at radius 1 is 1.35 bits per heavy atom. The van der Waals surface area contributed by atoms with Gasteiger partial charge in [-0.3, -0.25) is 0 Å². The lowest BCUT2D eigenvalue weighted by molar-refractivity contribution is 0.495. The lowest BCUT2D eigenvalue weighted by atomic mass is 10.1. The molecule has 1 aliphatic rings. The van der Waals surface area contributed by atoms with E-state index in [4.69, 9.17) is 4.42 Å². The molecule has 1 fully saturated rings. The van der Waals surface area contributed by atoms with Gasteiger partial charge in [0, 0.05) is 25.2 Å². The maximum absolute atomic E-state index is 5.97. The Hall–Kier alpha value is -1.22. The summed E-state index contributed by atoms with van der Waals surface area (Å²) in [6, 6.07) is 4.59. The molecule has 0 aliphatic carbocycles. The fourth-order valence-electron chi connectivity index (χ4n) is 2.58. The van der Waals surface area contributed by atoms with Gasteiger partial charge in [0.25, 0.3) is 0 Å². The zero-order valence-electron chi connectivity index (χ0n) is 13.1. The molecule has 0 radical (unpaired) electrons. The Labute approximate surface area is 123 Å². The van der Waals surface area contributed by atoms with Gasteiger partial charge in [0.05, 0.1) is 0 Å². The van der Waals surface area contributed by atoms with E-state index in [1.54, 1.807) is 0 Å². The SMILES string of the molecule is CCCNC(C)/C(C)=C/c1ccc(N2CCCCC2)o1. The highest BCUT2D eigenvalue weighted by atomic mass is 16.4. The van der Waals surface area contributed by atoms with Gasteiger partial charge in [-0.2, -0.15) is 0 Å². The van der Waals surface area contributed by atoms with Gasteiger partial charge in [0.15, 0.2) is 5.88 Å². The Bertz CT molecular complexity index is 430. The molecule has 1 unspecified atom stereocenters. The van der Waals surface area contributed by atoms with Crippen LogP contribution in [-0.4, -0.2) is 25.7 Å². The number of nitrogens with one attached hydrogen (secondary N) is 1. The standard InChI is InChI=1S/C17H28N2O/c1-4-10-18-15(3)14(2)13-16-8-9-17(20-16)19-11-6-5-7-12-19/h8-9,13,15,18H,4-7,10-12H2,1-3H3/b14-13+. The molecule has 1 aliphatic heterocycles. The van der Waals surface area contributed by atoms with Gasteiger partial charge in [-0.25, -0.2) is 0 Å². The summed E-state index contributed by atoms with van der Waals surface area (Å²) in [4.78, 5) is 2.36. The van der Waals surface area contributed by atoms with E-state index in [1.807, 2.05) is 0 Å². The maximum atomic E-state index is 5.97. The van der Waals surface area contributed by atoms with Gasteiger partial charge < -0.3 is 14.6 Å². The van der Waals surface area contributed by atoms with Crippen LogP contribution in [0.1, 0.15) is 52.2 Å². The summed E-state index contributed by atoms with van der Waals surface area (Å²) in [5.41, 5.74) is 1.32. The minimum absolute atomic E-state index is 0.401. The Balaban J connectivity index is 1.97. The molecule has 112 valence electrons. The molecule has 1 aromatic rings. The van der Waals surface area contributed by atoms with Crippen molar-refractivity contribution in [2.24, 2.45) is 0 Å². The molecule has 3 nitrogen and oxygen atoms in total. The number of rotatable bonds is 6. The van der Waals surface area contributed by atoms with Crippen LogP contribution in [0.3, 0.4) is 0 Å². The first-order valence-electron chi connectivity index (χ1n) is 7.97. The van der Waals surface area contributed by atoms with Crippen molar-refractivity contribution in [3.63, 3.8) is 0 Å². The minimum Gasteiger partial charge on any atom is -0.441 e. The molecule has 2 rings (SSSR count). The van der Waals surface area contributed by atoms with Crippen LogP contribution in [0.4, 0.5) is 5.88 Å². The summed E-state index contributed by atoms with van der Waals surface area (Å²) < 4.78 is 5.97. The van der Waals surface area contributed by atoms with Gasteiger partial charge in [0.2, 0.25) is 0 Å². The predicted octanol–water partition coefficient (Wildman–Crippen LogP) is 4.06. The molecule has 2 heterocycles. The lowest BCUT2D eigenvalue weighted by Gasteiger charge is -2.25. The van der Waals surface area contributed by atoms with Crippen molar-refractivity contribution in [3.8, 4) is 0 Å². The van der Waals surface area contributed by atoms with Gasteiger partial charge in [-0.1, -0.05) is 12.5 Å². The number of nitrogens with zero attached hydrogens (tertiary/aromatic N) is 1. The van der Waals surface area contributed by atoms with E-state index in [2.05, 4.69) is 49.2 Å².